The number of hydrogen-bond donors (Lipinski definition) is 3. The fourth-order valence-corrected chi connectivity index (χ4v) is 1.76. The summed E-state index contributed by atoms with van der Waals surface area (Å²) in [5.74, 6) is -0.820. The Morgan fingerprint density at radius 1 is 1.38 bits per heavy atom. The van der Waals surface area contributed by atoms with Crippen LogP contribution in [-0.2, 0) is 11.2 Å². The van der Waals surface area contributed by atoms with Gasteiger partial charge < -0.3 is 15.4 Å². The van der Waals surface area contributed by atoms with Crippen molar-refractivity contribution in [3.8, 4) is 0 Å². The number of nitrogens with one attached hydrogen (secondary N) is 2. The van der Waals surface area contributed by atoms with Gasteiger partial charge in [0.25, 0.3) is 0 Å². The summed E-state index contributed by atoms with van der Waals surface area (Å²) in [6, 6.07) is 8.09. The Hall–Kier alpha value is -1.81. The van der Waals surface area contributed by atoms with Gasteiger partial charge in [-0.05, 0) is 24.6 Å². The third-order valence-corrected chi connectivity index (χ3v) is 2.52. The number of para-hydroxylation sites is 1. The number of H-pyrrole nitrogens is 1. The van der Waals surface area contributed by atoms with E-state index < -0.39 is 5.97 Å². The molecule has 1 aromatic heterocycles. The van der Waals surface area contributed by atoms with Gasteiger partial charge in [0.05, 0.1) is 6.54 Å². The fourth-order valence-electron chi connectivity index (χ4n) is 1.76. The van der Waals surface area contributed by atoms with E-state index in [0.29, 0.717) is 6.54 Å². The first-order valence-electron chi connectivity index (χ1n) is 5.25. The highest BCUT2D eigenvalue weighted by Gasteiger charge is 2.02. The quantitative estimate of drug-likeness (QED) is 0.664. The maximum Gasteiger partial charge on any atom is 0.317 e. The molecule has 0 bridgehead atoms. The van der Waals surface area contributed by atoms with E-state index >= 15 is 0 Å². The number of hydrogen-bond acceptors (Lipinski definition) is 2. The van der Waals surface area contributed by atoms with Gasteiger partial charge in [0.15, 0.2) is 0 Å². The van der Waals surface area contributed by atoms with Crippen molar-refractivity contribution >= 4 is 16.9 Å². The number of aliphatic carboxylic acids is 1. The number of carbonyl (C=O) groups is 1. The van der Waals surface area contributed by atoms with Crippen LogP contribution in [-0.4, -0.2) is 29.1 Å². The highest BCUT2D eigenvalue weighted by atomic mass is 16.4. The Morgan fingerprint density at radius 3 is 3.00 bits per heavy atom. The van der Waals surface area contributed by atoms with E-state index in [9.17, 15) is 4.79 Å². The molecule has 0 saturated carbocycles. The molecule has 0 fully saturated rings. The molecule has 0 saturated heterocycles. The highest BCUT2D eigenvalue weighted by Crippen LogP contribution is 2.17. The molecule has 1 aromatic carbocycles. The van der Waals surface area contributed by atoms with Crippen LogP contribution < -0.4 is 5.32 Å². The molecule has 0 aliphatic carbocycles. The van der Waals surface area contributed by atoms with Crippen molar-refractivity contribution in [2.75, 3.05) is 13.1 Å². The molecule has 0 amide bonds. The van der Waals surface area contributed by atoms with Crippen LogP contribution in [0, 0.1) is 0 Å². The molecule has 0 aliphatic rings. The third kappa shape index (κ3) is 2.41. The summed E-state index contributed by atoms with van der Waals surface area (Å²) < 4.78 is 0. The molecule has 0 aliphatic heterocycles. The number of carboxylic acid groups (broad SMARTS) is 1. The van der Waals surface area contributed by atoms with Crippen molar-refractivity contribution in [3.63, 3.8) is 0 Å². The van der Waals surface area contributed by atoms with Gasteiger partial charge in [-0.2, -0.15) is 0 Å². The van der Waals surface area contributed by atoms with Crippen molar-refractivity contribution in [3.05, 3.63) is 36.0 Å². The van der Waals surface area contributed by atoms with Gasteiger partial charge in [-0.25, -0.2) is 0 Å². The summed E-state index contributed by atoms with van der Waals surface area (Å²) in [4.78, 5) is 13.5. The number of benzene rings is 1. The van der Waals surface area contributed by atoms with Crippen LogP contribution in [0.2, 0.25) is 0 Å². The summed E-state index contributed by atoms with van der Waals surface area (Å²) >= 11 is 0. The Labute approximate surface area is 93.3 Å². The Balaban J connectivity index is 1.97. The van der Waals surface area contributed by atoms with Gasteiger partial charge in [0.1, 0.15) is 0 Å². The Morgan fingerprint density at radius 2 is 2.19 bits per heavy atom. The SMILES string of the molecule is O=C(O)CNCCc1c[nH]c2ccccc12. The van der Waals surface area contributed by atoms with Gasteiger partial charge in [-0.3, -0.25) is 4.79 Å². The van der Waals surface area contributed by atoms with Crippen LogP contribution in [0.5, 0.6) is 0 Å². The predicted molar refractivity (Wildman–Crippen MR) is 62.5 cm³/mol. The molecule has 0 unspecified atom stereocenters. The fraction of sp³-hybridized carbons (Fsp3) is 0.250. The molecule has 2 rings (SSSR count). The summed E-state index contributed by atoms with van der Waals surface area (Å²) in [6.07, 6.45) is 2.81. The molecule has 84 valence electrons. The number of aromatic amines is 1. The zero-order valence-electron chi connectivity index (χ0n) is 8.86. The van der Waals surface area contributed by atoms with Crippen molar-refractivity contribution < 1.29 is 9.90 Å². The highest BCUT2D eigenvalue weighted by molar-refractivity contribution is 5.83. The smallest absolute Gasteiger partial charge is 0.317 e. The molecule has 2 aromatic rings. The largest absolute Gasteiger partial charge is 0.480 e. The van der Waals surface area contributed by atoms with Gasteiger partial charge >= 0.3 is 5.97 Å². The van der Waals surface area contributed by atoms with Crippen LogP contribution in [0.3, 0.4) is 0 Å². The predicted octanol–water partition coefficient (Wildman–Crippen LogP) is 1.38. The van der Waals surface area contributed by atoms with Crippen LogP contribution >= 0.6 is 0 Å². The topological polar surface area (TPSA) is 65.1 Å². The summed E-state index contributed by atoms with van der Waals surface area (Å²) in [7, 11) is 0. The minimum absolute atomic E-state index is 0.0162. The van der Waals surface area contributed by atoms with E-state index in [1.165, 1.54) is 10.9 Å². The zero-order valence-corrected chi connectivity index (χ0v) is 8.86. The van der Waals surface area contributed by atoms with Crippen LogP contribution in [0.1, 0.15) is 5.56 Å². The second-order valence-electron chi connectivity index (χ2n) is 3.68. The summed E-state index contributed by atoms with van der Waals surface area (Å²) in [6.45, 7) is 0.691. The lowest BCUT2D eigenvalue weighted by molar-refractivity contribution is -0.135. The average molecular weight is 218 g/mol. The lowest BCUT2D eigenvalue weighted by Gasteiger charge is -2.00. The molecule has 0 atom stereocenters. The van der Waals surface area contributed by atoms with Gasteiger partial charge in [0, 0.05) is 17.1 Å². The van der Waals surface area contributed by atoms with Crippen LogP contribution in [0.15, 0.2) is 30.5 Å². The molecule has 1 heterocycles. The first-order valence-corrected chi connectivity index (χ1v) is 5.25. The van der Waals surface area contributed by atoms with Gasteiger partial charge in [-0.1, -0.05) is 18.2 Å². The van der Waals surface area contributed by atoms with Crippen molar-refractivity contribution in [2.45, 2.75) is 6.42 Å². The zero-order chi connectivity index (χ0) is 11.4. The maximum absolute atomic E-state index is 10.3. The standard InChI is InChI=1S/C12H14N2O2/c15-12(16)8-13-6-5-9-7-14-11-4-2-1-3-10(9)11/h1-4,7,13-14H,5-6,8H2,(H,15,16). The van der Waals surface area contributed by atoms with E-state index in [1.807, 2.05) is 24.4 Å². The Kier molecular flexibility index (Phi) is 3.22. The number of aromatic nitrogens is 1. The van der Waals surface area contributed by atoms with E-state index in [0.717, 1.165) is 11.9 Å². The second-order valence-corrected chi connectivity index (χ2v) is 3.68. The van der Waals surface area contributed by atoms with E-state index in [4.69, 9.17) is 5.11 Å². The monoisotopic (exact) mass is 218 g/mol. The average Bonchev–Trinajstić information content (AvgIpc) is 2.68. The van der Waals surface area contributed by atoms with Crippen LogP contribution in [0.4, 0.5) is 0 Å². The second kappa shape index (κ2) is 4.81. The van der Waals surface area contributed by atoms with E-state index in [1.54, 1.807) is 0 Å². The molecule has 3 N–H and O–H groups in total. The summed E-state index contributed by atoms with van der Waals surface area (Å²) in [5, 5.41) is 12.6. The van der Waals surface area contributed by atoms with Crippen molar-refractivity contribution in [2.24, 2.45) is 0 Å². The lowest BCUT2D eigenvalue weighted by atomic mass is 10.1. The molecule has 4 nitrogen and oxygen atoms in total. The van der Waals surface area contributed by atoms with Crippen LogP contribution in [0.25, 0.3) is 10.9 Å². The third-order valence-electron chi connectivity index (χ3n) is 2.52. The van der Waals surface area contributed by atoms with E-state index in [2.05, 4.69) is 16.4 Å². The van der Waals surface area contributed by atoms with Gasteiger partial charge in [0.2, 0.25) is 0 Å². The minimum Gasteiger partial charge on any atom is -0.480 e. The number of rotatable bonds is 5. The first-order chi connectivity index (χ1) is 7.77. The van der Waals surface area contributed by atoms with Crippen molar-refractivity contribution in [1.29, 1.82) is 0 Å². The Bertz CT molecular complexity index is 490. The molecule has 0 radical (unpaired) electrons. The normalized spacial score (nSPS) is 10.8. The molecule has 4 heteroatoms. The first kappa shape index (κ1) is 10.7. The molecular formula is C12H14N2O2. The van der Waals surface area contributed by atoms with E-state index in [-0.39, 0.29) is 6.54 Å². The minimum atomic E-state index is -0.820. The lowest BCUT2D eigenvalue weighted by Crippen LogP contribution is -2.24. The van der Waals surface area contributed by atoms with Gasteiger partial charge in [-0.15, -0.1) is 0 Å². The number of fused-ring (bicyclic) bond motifs is 1. The van der Waals surface area contributed by atoms with Crippen molar-refractivity contribution in [1.82, 2.24) is 10.3 Å². The maximum atomic E-state index is 10.3. The number of carboxylic acids is 1. The molecule has 0 spiro atoms. The molecule has 16 heavy (non-hydrogen) atoms. The molecular weight excluding hydrogens is 204 g/mol. The summed E-state index contributed by atoms with van der Waals surface area (Å²) in [5.41, 5.74) is 2.34.